The molecule has 0 radical (unpaired) electrons. The molecular weight excluding hydrogens is 272 g/mol. The Morgan fingerprint density at radius 3 is 2.85 bits per heavy atom. The van der Waals surface area contributed by atoms with Crippen LogP contribution in [0, 0.1) is 11.8 Å². The molecule has 1 aromatic carbocycles. The van der Waals surface area contributed by atoms with Crippen LogP contribution in [-0.4, -0.2) is 17.9 Å². The fourth-order valence-corrected chi connectivity index (χ4v) is 4.00. The number of benzene rings is 1. The van der Waals surface area contributed by atoms with Gasteiger partial charge < -0.3 is 20.1 Å². The molecule has 2 aliphatic carbocycles. The van der Waals surface area contributed by atoms with Crippen LogP contribution in [0.5, 0.6) is 11.5 Å². The third-order valence-corrected chi connectivity index (χ3v) is 4.90. The Kier molecular flexibility index (Phi) is 2.95. The van der Waals surface area contributed by atoms with Crippen LogP contribution in [0.4, 0.5) is 5.69 Å². The van der Waals surface area contributed by atoms with Crippen LogP contribution >= 0.6 is 12.2 Å². The van der Waals surface area contributed by atoms with Crippen molar-refractivity contribution in [1.29, 1.82) is 0 Å². The van der Waals surface area contributed by atoms with Gasteiger partial charge in [0.15, 0.2) is 16.6 Å². The van der Waals surface area contributed by atoms with Crippen molar-refractivity contribution in [3.63, 3.8) is 0 Å². The number of rotatable bonds is 2. The molecule has 3 aliphatic rings. The monoisotopic (exact) mass is 290 g/mol. The molecule has 2 fully saturated rings. The minimum Gasteiger partial charge on any atom is -0.454 e. The minimum atomic E-state index is 0.298. The van der Waals surface area contributed by atoms with E-state index in [1.807, 2.05) is 18.2 Å². The van der Waals surface area contributed by atoms with Gasteiger partial charge >= 0.3 is 0 Å². The lowest BCUT2D eigenvalue weighted by Gasteiger charge is -2.24. The molecule has 0 saturated heterocycles. The van der Waals surface area contributed by atoms with Crippen LogP contribution < -0.4 is 20.1 Å². The number of fused-ring (bicyclic) bond motifs is 3. The predicted octanol–water partition coefficient (Wildman–Crippen LogP) is 2.89. The Morgan fingerprint density at radius 2 is 2.05 bits per heavy atom. The molecule has 1 aliphatic heterocycles. The highest BCUT2D eigenvalue weighted by Crippen LogP contribution is 2.44. The van der Waals surface area contributed by atoms with Gasteiger partial charge in [-0.15, -0.1) is 0 Å². The van der Waals surface area contributed by atoms with E-state index < -0.39 is 0 Å². The van der Waals surface area contributed by atoms with Crippen LogP contribution in [0.25, 0.3) is 0 Å². The first kappa shape index (κ1) is 12.3. The number of anilines is 1. The largest absolute Gasteiger partial charge is 0.454 e. The third kappa shape index (κ3) is 2.20. The van der Waals surface area contributed by atoms with Crippen molar-refractivity contribution < 1.29 is 9.47 Å². The molecule has 2 bridgehead atoms. The van der Waals surface area contributed by atoms with Crippen LogP contribution in [0.15, 0.2) is 18.2 Å². The molecule has 2 saturated carbocycles. The molecule has 0 aromatic heterocycles. The minimum absolute atomic E-state index is 0.298. The van der Waals surface area contributed by atoms with Crippen molar-refractivity contribution in [2.24, 2.45) is 11.8 Å². The van der Waals surface area contributed by atoms with Gasteiger partial charge in [-0.2, -0.15) is 0 Å². The van der Waals surface area contributed by atoms with Crippen molar-refractivity contribution in [3.05, 3.63) is 18.2 Å². The normalized spacial score (nSPS) is 29.5. The molecule has 4 rings (SSSR count). The molecule has 5 heteroatoms. The highest BCUT2D eigenvalue weighted by molar-refractivity contribution is 7.80. The molecule has 3 atom stereocenters. The molecule has 2 N–H and O–H groups in total. The second-order valence-corrected chi connectivity index (χ2v) is 6.36. The summed E-state index contributed by atoms with van der Waals surface area (Å²) in [5.74, 6) is 3.31. The Balaban J connectivity index is 1.38. The molecule has 1 aromatic rings. The van der Waals surface area contributed by atoms with Gasteiger partial charge in [0.2, 0.25) is 6.79 Å². The topological polar surface area (TPSA) is 42.5 Å². The Labute approximate surface area is 123 Å². The van der Waals surface area contributed by atoms with Gasteiger partial charge in [-0.25, -0.2) is 0 Å². The first-order valence-corrected chi connectivity index (χ1v) is 7.66. The lowest BCUT2D eigenvalue weighted by Crippen LogP contribution is -2.40. The molecule has 4 nitrogen and oxygen atoms in total. The molecule has 1 heterocycles. The van der Waals surface area contributed by atoms with E-state index in [9.17, 15) is 0 Å². The second-order valence-electron chi connectivity index (χ2n) is 5.95. The summed E-state index contributed by atoms with van der Waals surface area (Å²) in [7, 11) is 0. The summed E-state index contributed by atoms with van der Waals surface area (Å²) in [4.78, 5) is 0. The summed E-state index contributed by atoms with van der Waals surface area (Å²) >= 11 is 5.42. The van der Waals surface area contributed by atoms with Gasteiger partial charge in [-0.05, 0) is 55.4 Å². The Hall–Kier alpha value is -1.49. The van der Waals surface area contributed by atoms with E-state index >= 15 is 0 Å². The van der Waals surface area contributed by atoms with E-state index in [0.29, 0.717) is 17.9 Å². The van der Waals surface area contributed by atoms with Crippen LogP contribution in [0.1, 0.15) is 25.7 Å². The number of hydrogen-bond acceptors (Lipinski definition) is 3. The lowest BCUT2D eigenvalue weighted by atomic mass is 9.96. The van der Waals surface area contributed by atoms with Gasteiger partial charge in [0.25, 0.3) is 0 Å². The summed E-state index contributed by atoms with van der Waals surface area (Å²) in [6.45, 7) is 0.298. The van der Waals surface area contributed by atoms with Crippen LogP contribution in [-0.2, 0) is 0 Å². The maximum absolute atomic E-state index is 5.42. The smallest absolute Gasteiger partial charge is 0.231 e. The van der Waals surface area contributed by atoms with E-state index in [4.69, 9.17) is 21.7 Å². The summed E-state index contributed by atoms with van der Waals surface area (Å²) in [6, 6.07) is 6.35. The van der Waals surface area contributed by atoms with Crippen molar-refractivity contribution in [2.75, 3.05) is 12.1 Å². The summed E-state index contributed by atoms with van der Waals surface area (Å²) in [5.41, 5.74) is 0.940. The van der Waals surface area contributed by atoms with Gasteiger partial charge in [0.05, 0.1) is 0 Å². The average molecular weight is 290 g/mol. The molecule has 0 amide bonds. The number of thiocarbonyl (C=S) groups is 1. The maximum Gasteiger partial charge on any atom is 0.231 e. The zero-order chi connectivity index (χ0) is 13.5. The standard InChI is InChI=1S/C15H18N2O2S/c20-15(17-12-6-9-1-2-10(12)5-9)16-11-3-4-13-14(7-11)19-8-18-13/h3-4,7,9-10,12H,1-2,5-6,8H2,(H2,16,17,20)/t9-,10-,12+/m0/s1. The van der Waals surface area contributed by atoms with Crippen LogP contribution in [0.3, 0.4) is 0 Å². The SMILES string of the molecule is S=C(Nc1ccc2c(c1)OCO2)N[C@@H]1C[C@H]2CC[C@H]1C2. The van der Waals surface area contributed by atoms with Gasteiger partial charge in [0.1, 0.15) is 0 Å². The maximum atomic E-state index is 5.42. The molecule has 20 heavy (non-hydrogen) atoms. The number of ether oxygens (including phenoxy) is 2. The third-order valence-electron chi connectivity index (χ3n) is 4.69. The van der Waals surface area contributed by atoms with E-state index in [1.54, 1.807) is 0 Å². The lowest BCUT2D eigenvalue weighted by molar-refractivity contribution is 0.174. The molecule has 0 unspecified atom stereocenters. The van der Waals surface area contributed by atoms with Gasteiger partial charge in [0, 0.05) is 17.8 Å². The second kappa shape index (κ2) is 4.81. The number of hydrogen-bond donors (Lipinski definition) is 2. The molecular formula is C15H18N2O2S. The fourth-order valence-electron chi connectivity index (χ4n) is 3.73. The molecule has 0 spiro atoms. The van der Waals surface area contributed by atoms with E-state index in [2.05, 4.69) is 10.6 Å². The van der Waals surface area contributed by atoms with Crippen LogP contribution in [0.2, 0.25) is 0 Å². The highest BCUT2D eigenvalue weighted by atomic mass is 32.1. The van der Waals surface area contributed by atoms with E-state index in [1.165, 1.54) is 25.7 Å². The Morgan fingerprint density at radius 1 is 1.15 bits per heavy atom. The zero-order valence-electron chi connectivity index (χ0n) is 11.2. The fraction of sp³-hybridized carbons (Fsp3) is 0.533. The van der Waals surface area contributed by atoms with Gasteiger partial charge in [-0.3, -0.25) is 0 Å². The average Bonchev–Trinajstić information content (AvgIpc) is 3.13. The zero-order valence-corrected chi connectivity index (χ0v) is 12.0. The van der Waals surface area contributed by atoms with E-state index in [0.717, 1.165) is 29.0 Å². The quantitative estimate of drug-likeness (QED) is 0.820. The first-order chi connectivity index (χ1) is 9.78. The first-order valence-electron chi connectivity index (χ1n) is 7.25. The highest BCUT2D eigenvalue weighted by Gasteiger charge is 2.39. The van der Waals surface area contributed by atoms with Crippen molar-refractivity contribution >= 4 is 23.0 Å². The predicted molar refractivity (Wildman–Crippen MR) is 81.2 cm³/mol. The van der Waals surface area contributed by atoms with Gasteiger partial charge in [-0.1, -0.05) is 6.42 Å². The summed E-state index contributed by atoms with van der Waals surface area (Å²) < 4.78 is 10.7. The Bertz CT molecular complexity index is 549. The van der Waals surface area contributed by atoms with E-state index in [-0.39, 0.29) is 0 Å². The summed E-state index contributed by atoms with van der Waals surface area (Å²) in [6.07, 6.45) is 5.41. The van der Waals surface area contributed by atoms with Crippen molar-refractivity contribution in [1.82, 2.24) is 5.32 Å². The number of nitrogens with one attached hydrogen (secondary N) is 2. The van der Waals surface area contributed by atoms with Crippen molar-refractivity contribution in [3.8, 4) is 11.5 Å². The molecule has 106 valence electrons. The van der Waals surface area contributed by atoms with Crippen molar-refractivity contribution in [2.45, 2.75) is 31.7 Å². The summed E-state index contributed by atoms with van der Waals surface area (Å²) in [5, 5.41) is 7.43.